The van der Waals surface area contributed by atoms with Gasteiger partial charge in [0.05, 0.1) is 6.61 Å². The molecule has 0 aromatic heterocycles. The van der Waals surface area contributed by atoms with Crippen LogP contribution in [0.15, 0.2) is 0 Å². The summed E-state index contributed by atoms with van der Waals surface area (Å²) >= 11 is 0. The molecule has 0 amide bonds. The first-order valence-electron chi connectivity index (χ1n) is 7.07. The van der Waals surface area contributed by atoms with Gasteiger partial charge < -0.3 is 55.4 Å². The smallest absolute Gasteiger partial charge is 0.187 e. The Hall–Kier alpha value is -0.440. The van der Waals surface area contributed by atoms with Crippen LogP contribution in [-0.2, 0) is 9.47 Å². The van der Waals surface area contributed by atoms with Crippen molar-refractivity contribution in [2.24, 2.45) is 0 Å². The molecule has 0 bridgehead atoms. The summed E-state index contributed by atoms with van der Waals surface area (Å²) in [5, 5.41) is 86.6. The Kier molecular flexibility index (Phi) is 5.92. The molecule has 2 fully saturated rings. The first-order chi connectivity index (χ1) is 10.7. The predicted molar refractivity (Wildman–Crippen MR) is 68.7 cm³/mol. The minimum atomic E-state index is -1.83. The molecule has 1 saturated carbocycles. The van der Waals surface area contributed by atoms with E-state index in [1.807, 2.05) is 0 Å². The number of aliphatic hydroxyl groups excluding tert-OH is 9. The predicted octanol–water partition coefficient (Wildman–Crippen LogP) is -6.01. The summed E-state index contributed by atoms with van der Waals surface area (Å²) in [6, 6.07) is 0. The van der Waals surface area contributed by atoms with E-state index in [9.17, 15) is 40.9 Å². The zero-order valence-electron chi connectivity index (χ0n) is 11.9. The molecule has 2 aliphatic rings. The third-order valence-corrected chi connectivity index (χ3v) is 4.21. The zero-order valence-corrected chi connectivity index (χ0v) is 11.9. The number of hydrogen-bond acceptors (Lipinski definition) is 11. The van der Waals surface area contributed by atoms with Crippen molar-refractivity contribution < 1.29 is 55.4 Å². The Balaban J connectivity index is 2.13. The zero-order chi connectivity index (χ0) is 17.5. The number of rotatable bonds is 3. The molecule has 0 aromatic rings. The third-order valence-electron chi connectivity index (χ3n) is 4.21. The molecule has 1 aliphatic carbocycles. The minimum absolute atomic E-state index is 0.704. The molecule has 11 atom stereocenters. The highest BCUT2D eigenvalue weighted by atomic mass is 16.7. The van der Waals surface area contributed by atoms with Crippen molar-refractivity contribution in [3.05, 3.63) is 0 Å². The number of hydrogen-bond donors (Lipinski definition) is 9. The molecule has 7 unspecified atom stereocenters. The fourth-order valence-electron chi connectivity index (χ4n) is 2.69. The second kappa shape index (κ2) is 7.21. The monoisotopic (exact) mass is 342 g/mol. The molecule has 1 saturated heterocycles. The summed E-state index contributed by atoms with van der Waals surface area (Å²) in [5.74, 6) is 0. The first-order valence-corrected chi connectivity index (χ1v) is 7.07. The van der Waals surface area contributed by atoms with Gasteiger partial charge in [0.15, 0.2) is 6.29 Å². The van der Waals surface area contributed by atoms with Gasteiger partial charge in [0, 0.05) is 0 Å². The molecule has 0 spiro atoms. The van der Waals surface area contributed by atoms with E-state index >= 15 is 0 Å². The molecular formula is C12H22O11. The maximum absolute atomic E-state index is 9.85. The molecule has 2 rings (SSSR count). The van der Waals surface area contributed by atoms with Gasteiger partial charge in [0.1, 0.15) is 61.0 Å². The molecular weight excluding hydrogens is 320 g/mol. The van der Waals surface area contributed by atoms with Crippen LogP contribution < -0.4 is 0 Å². The SMILES string of the molecule is OCC1OC(OC2[C@@H](O)[C@H](O)C(O)[C@H](O)[C@@H]2O)C(O)C(O)C1O. The lowest BCUT2D eigenvalue weighted by Gasteiger charge is -2.45. The van der Waals surface area contributed by atoms with Gasteiger partial charge in [-0.25, -0.2) is 0 Å². The van der Waals surface area contributed by atoms with Crippen LogP contribution in [0.2, 0.25) is 0 Å². The topological polar surface area (TPSA) is 201 Å². The summed E-state index contributed by atoms with van der Waals surface area (Å²) in [6.07, 6.45) is -18.9. The van der Waals surface area contributed by atoms with Gasteiger partial charge in [-0.1, -0.05) is 0 Å². The van der Waals surface area contributed by atoms with Crippen molar-refractivity contribution in [3.63, 3.8) is 0 Å². The van der Waals surface area contributed by atoms with Gasteiger partial charge in [-0.3, -0.25) is 0 Å². The van der Waals surface area contributed by atoms with Crippen LogP contribution in [-0.4, -0.2) is 120 Å². The van der Waals surface area contributed by atoms with Crippen LogP contribution >= 0.6 is 0 Å². The molecule has 136 valence electrons. The molecule has 23 heavy (non-hydrogen) atoms. The van der Waals surface area contributed by atoms with E-state index in [0.717, 1.165) is 0 Å². The molecule has 11 heteroatoms. The Morgan fingerprint density at radius 1 is 0.609 bits per heavy atom. The van der Waals surface area contributed by atoms with E-state index in [1.54, 1.807) is 0 Å². The summed E-state index contributed by atoms with van der Waals surface area (Å²) in [5.41, 5.74) is 0. The Labute approximate surface area is 130 Å². The second-order valence-corrected chi connectivity index (χ2v) is 5.75. The highest BCUT2D eigenvalue weighted by Crippen LogP contribution is 2.29. The average molecular weight is 342 g/mol. The van der Waals surface area contributed by atoms with Crippen LogP contribution in [0, 0.1) is 0 Å². The highest BCUT2D eigenvalue weighted by molar-refractivity contribution is 5.00. The maximum atomic E-state index is 9.85. The molecule has 0 aromatic carbocycles. The molecule has 1 heterocycles. The van der Waals surface area contributed by atoms with Crippen LogP contribution in [0.4, 0.5) is 0 Å². The van der Waals surface area contributed by atoms with Crippen molar-refractivity contribution >= 4 is 0 Å². The molecule has 0 radical (unpaired) electrons. The largest absolute Gasteiger partial charge is 0.394 e. The number of aliphatic hydroxyl groups is 9. The second-order valence-electron chi connectivity index (χ2n) is 5.75. The standard InChI is InChI=1S/C12H22O11/c13-1-2-3(14)4(15)10(21)12(22-2)23-11-8(19)6(17)5(16)7(18)9(11)20/h2-21H,1H2/t2?,3?,4?,5?,6-,7+,8-,9-,10?,11?,12?/m0/s1. The Morgan fingerprint density at radius 2 is 1.04 bits per heavy atom. The lowest BCUT2D eigenvalue weighted by Crippen LogP contribution is -2.67. The minimum Gasteiger partial charge on any atom is -0.394 e. The third kappa shape index (κ3) is 3.36. The van der Waals surface area contributed by atoms with E-state index in [-0.39, 0.29) is 0 Å². The lowest BCUT2D eigenvalue weighted by atomic mass is 9.84. The summed E-state index contributed by atoms with van der Waals surface area (Å²) < 4.78 is 10.2. The van der Waals surface area contributed by atoms with Crippen LogP contribution in [0.3, 0.4) is 0 Å². The molecule has 1 aliphatic heterocycles. The summed E-state index contributed by atoms with van der Waals surface area (Å²) in [6.45, 7) is -0.704. The van der Waals surface area contributed by atoms with Crippen LogP contribution in [0.1, 0.15) is 0 Å². The first kappa shape index (κ1) is 18.9. The maximum Gasteiger partial charge on any atom is 0.187 e. The summed E-state index contributed by atoms with van der Waals surface area (Å²) in [7, 11) is 0. The van der Waals surface area contributed by atoms with Gasteiger partial charge >= 0.3 is 0 Å². The lowest BCUT2D eigenvalue weighted by molar-refractivity contribution is -0.339. The Bertz CT molecular complexity index is 377. The fraction of sp³-hybridized carbons (Fsp3) is 1.00. The molecule has 9 N–H and O–H groups in total. The molecule has 11 nitrogen and oxygen atoms in total. The van der Waals surface area contributed by atoms with Gasteiger partial charge in [-0.15, -0.1) is 0 Å². The van der Waals surface area contributed by atoms with E-state index in [1.165, 1.54) is 0 Å². The van der Waals surface area contributed by atoms with Crippen LogP contribution in [0.5, 0.6) is 0 Å². The van der Waals surface area contributed by atoms with E-state index in [0.29, 0.717) is 0 Å². The van der Waals surface area contributed by atoms with Crippen molar-refractivity contribution in [1.82, 2.24) is 0 Å². The van der Waals surface area contributed by atoms with E-state index in [4.69, 9.17) is 14.6 Å². The van der Waals surface area contributed by atoms with Crippen molar-refractivity contribution in [1.29, 1.82) is 0 Å². The van der Waals surface area contributed by atoms with E-state index in [2.05, 4.69) is 0 Å². The van der Waals surface area contributed by atoms with Crippen molar-refractivity contribution in [3.8, 4) is 0 Å². The fourth-order valence-corrected chi connectivity index (χ4v) is 2.69. The Morgan fingerprint density at radius 3 is 1.52 bits per heavy atom. The van der Waals surface area contributed by atoms with Gasteiger partial charge in [0.25, 0.3) is 0 Å². The van der Waals surface area contributed by atoms with Gasteiger partial charge in [0.2, 0.25) is 0 Å². The number of ether oxygens (including phenoxy) is 2. The van der Waals surface area contributed by atoms with Crippen molar-refractivity contribution in [2.45, 2.75) is 67.3 Å². The highest BCUT2D eigenvalue weighted by Gasteiger charge is 2.52. The van der Waals surface area contributed by atoms with Gasteiger partial charge in [-0.05, 0) is 0 Å². The van der Waals surface area contributed by atoms with E-state index < -0.39 is 73.9 Å². The quantitative estimate of drug-likeness (QED) is 0.236. The summed E-state index contributed by atoms with van der Waals surface area (Å²) in [4.78, 5) is 0. The van der Waals surface area contributed by atoms with Crippen LogP contribution in [0.25, 0.3) is 0 Å². The normalized spacial score (nSPS) is 54.9. The average Bonchev–Trinajstić information content (AvgIpc) is 2.54. The van der Waals surface area contributed by atoms with Gasteiger partial charge in [-0.2, -0.15) is 0 Å². The van der Waals surface area contributed by atoms with Crippen molar-refractivity contribution in [2.75, 3.05) is 6.61 Å².